The van der Waals surface area contributed by atoms with E-state index in [0.29, 0.717) is 11.1 Å². The van der Waals surface area contributed by atoms with Gasteiger partial charge in [-0.25, -0.2) is 4.39 Å². The number of hydrazine groups is 1. The van der Waals surface area contributed by atoms with Crippen LogP contribution in [0.3, 0.4) is 0 Å². The van der Waals surface area contributed by atoms with E-state index < -0.39 is 0 Å². The van der Waals surface area contributed by atoms with Gasteiger partial charge in [-0.3, -0.25) is 5.43 Å². The molecule has 1 aliphatic carbocycles. The number of benzene rings is 2. The molecule has 0 heterocycles. The highest BCUT2D eigenvalue weighted by Crippen LogP contribution is 2.49. The third-order valence-electron chi connectivity index (χ3n) is 4.91. The Kier molecular flexibility index (Phi) is 10.2. The fourth-order valence-electron chi connectivity index (χ4n) is 2.67. The summed E-state index contributed by atoms with van der Waals surface area (Å²) in [4.78, 5) is 0. The van der Waals surface area contributed by atoms with Crippen molar-refractivity contribution in [2.75, 3.05) is 5.43 Å². The molecule has 0 aliphatic heterocycles. The zero-order valence-electron chi connectivity index (χ0n) is 18.7. The fourth-order valence-corrected chi connectivity index (χ4v) is 2.67. The predicted molar refractivity (Wildman–Crippen MR) is 126 cm³/mol. The maximum Gasteiger partial charge on any atom is 0.148 e. The van der Waals surface area contributed by atoms with Crippen LogP contribution in [0.1, 0.15) is 64.5 Å². The van der Waals surface area contributed by atoms with Crippen LogP contribution in [0.25, 0.3) is 5.57 Å². The van der Waals surface area contributed by atoms with Crippen molar-refractivity contribution < 1.29 is 4.39 Å². The number of aryl methyl sites for hydroxylation is 1. The van der Waals surface area contributed by atoms with Crippen LogP contribution < -0.4 is 10.9 Å². The average Bonchev–Trinajstić information content (AvgIpc) is 3.45. The van der Waals surface area contributed by atoms with Gasteiger partial charge in [-0.1, -0.05) is 82.0 Å². The number of nitrogens with one attached hydrogen (secondary N) is 2. The number of halogens is 1. The van der Waals surface area contributed by atoms with E-state index in [1.54, 1.807) is 6.07 Å². The molecule has 0 amide bonds. The molecule has 1 aliphatic rings. The molecule has 2 nitrogen and oxygen atoms in total. The number of rotatable bonds is 7. The third-order valence-corrected chi connectivity index (χ3v) is 4.91. The number of allylic oxidation sites excluding steroid dienone is 2. The van der Waals surface area contributed by atoms with Crippen molar-refractivity contribution in [3.63, 3.8) is 0 Å². The van der Waals surface area contributed by atoms with Crippen LogP contribution in [0.4, 0.5) is 10.1 Å². The lowest BCUT2D eigenvalue weighted by atomic mass is 10.0. The summed E-state index contributed by atoms with van der Waals surface area (Å²) in [5, 5.41) is 0. The van der Waals surface area contributed by atoms with Crippen LogP contribution in [-0.2, 0) is 0 Å². The summed E-state index contributed by atoms with van der Waals surface area (Å²) in [5.74, 6) is -0.292. The van der Waals surface area contributed by atoms with E-state index in [1.165, 1.54) is 24.5 Å². The van der Waals surface area contributed by atoms with Gasteiger partial charge < -0.3 is 5.43 Å². The summed E-state index contributed by atoms with van der Waals surface area (Å²) in [6.07, 6.45) is 4.65. The van der Waals surface area contributed by atoms with Gasteiger partial charge in [0.2, 0.25) is 0 Å². The second-order valence-corrected chi connectivity index (χ2v) is 7.76. The van der Waals surface area contributed by atoms with E-state index in [4.69, 9.17) is 0 Å². The van der Waals surface area contributed by atoms with Gasteiger partial charge in [-0.2, -0.15) is 0 Å². The van der Waals surface area contributed by atoms with Crippen molar-refractivity contribution in [3.05, 3.63) is 84.3 Å². The lowest BCUT2D eigenvalue weighted by Crippen LogP contribution is -2.22. The zero-order valence-corrected chi connectivity index (χ0v) is 18.7. The van der Waals surface area contributed by atoms with Crippen molar-refractivity contribution in [2.45, 2.75) is 60.3 Å². The van der Waals surface area contributed by atoms with Gasteiger partial charge in [0.15, 0.2) is 0 Å². The van der Waals surface area contributed by atoms with Crippen LogP contribution in [0.15, 0.2) is 67.4 Å². The molecule has 3 rings (SSSR count). The van der Waals surface area contributed by atoms with Gasteiger partial charge in [0.05, 0.1) is 5.69 Å². The molecule has 29 heavy (non-hydrogen) atoms. The summed E-state index contributed by atoms with van der Waals surface area (Å²) in [6, 6.07) is 15.2. The van der Waals surface area contributed by atoms with Crippen molar-refractivity contribution in [1.29, 1.82) is 0 Å². The molecule has 0 spiro atoms. The van der Waals surface area contributed by atoms with Gasteiger partial charge in [-0.15, -0.1) is 0 Å². The molecule has 0 saturated heterocycles. The van der Waals surface area contributed by atoms with E-state index in [-0.39, 0.29) is 5.82 Å². The van der Waals surface area contributed by atoms with Crippen LogP contribution in [-0.4, -0.2) is 0 Å². The van der Waals surface area contributed by atoms with Crippen LogP contribution in [0.2, 0.25) is 0 Å². The number of hydrogen-bond donors (Lipinski definition) is 2. The first kappa shape index (κ1) is 24.5. The Bertz CT molecular complexity index is 777. The van der Waals surface area contributed by atoms with Crippen molar-refractivity contribution in [3.8, 4) is 0 Å². The van der Waals surface area contributed by atoms with Gasteiger partial charge in [0.25, 0.3) is 0 Å². The molecule has 0 unspecified atom stereocenters. The van der Waals surface area contributed by atoms with E-state index in [9.17, 15) is 4.39 Å². The van der Waals surface area contributed by atoms with E-state index in [2.05, 4.69) is 50.0 Å². The minimum atomic E-state index is -0.292. The molecule has 1 fully saturated rings. The van der Waals surface area contributed by atoms with E-state index >= 15 is 0 Å². The Morgan fingerprint density at radius 1 is 1.03 bits per heavy atom. The molecular weight excluding hydrogens is 359 g/mol. The minimum absolute atomic E-state index is 0.292. The first-order chi connectivity index (χ1) is 13.8. The SMILES string of the molecule is C=C(CCC1(C)CC1)NNc1c(F)cccc1C(=C)C.CC.Cc1ccccc1. The Labute approximate surface area is 176 Å². The topological polar surface area (TPSA) is 24.1 Å². The van der Waals surface area contributed by atoms with Crippen molar-refractivity contribution in [1.82, 2.24) is 5.43 Å². The van der Waals surface area contributed by atoms with Crippen LogP contribution in [0.5, 0.6) is 0 Å². The highest BCUT2D eigenvalue weighted by Gasteiger charge is 2.36. The molecule has 0 aromatic heterocycles. The summed E-state index contributed by atoms with van der Waals surface area (Å²) in [6.45, 7) is 18.1. The highest BCUT2D eigenvalue weighted by molar-refractivity contribution is 5.74. The molecule has 158 valence electrons. The Morgan fingerprint density at radius 2 is 1.66 bits per heavy atom. The maximum absolute atomic E-state index is 13.9. The van der Waals surface area contributed by atoms with E-state index in [1.807, 2.05) is 45.0 Å². The third kappa shape index (κ3) is 8.99. The number of hydrogen-bond acceptors (Lipinski definition) is 2. The molecule has 2 N–H and O–H groups in total. The molecular formula is C26H37FN2. The standard InChI is InChI=1S/C17H23FN2.C7H8.C2H6/c1-12(2)14-6-5-7-15(18)16(14)20-19-13(3)8-9-17(4)10-11-17;1-7-5-3-2-4-6-7;1-2/h5-7,19-20H,1,3,8-11H2,2,4H3;2-6H,1H3;1-2H3. The molecule has 0 atom stereocenters. The van der Waals surface area contributed by atoms with Gasteiger partial charge in [0, 0.05) is 11.3 Å². The van der Waals surface area contributed by atoms with Crippen molar-refractivity contribution in [2.24, 2.45) is 5.41 Å². The van der Waals surface area contributed by atoms with Gasteiger partial charge in [-0.05, 0) is 56.6 Å². The summed E-state index contributed by atoms with van der Waals surface area (Å²) in [7, 11) is 0. The molecule has 0 radical (unpaired) electrons. The number of para-hydroxylation sites is 1. The summed E-state index contributed by atoms with van der Waals surface area (Å²) >= 11 is 0. The minimum Gasteiger partial charge on any atom is -0.306 e. The fraction of sp³-hybridized carbons (Fsp3) is 0.385. The first-order valence-electron chi connectivity index (χ1n) is 10.5. The van der Waals surface area contributed by atoms with Crippen molar-refractivity contribution >= 4 is 11.3 Å². The quantitative estimate of drug-likeness (QED) is 0.465. The molecule has 1 saturated carbocycles. The Morgan fingerprint density at radius 3 is 2.14 bits per heavy atom. The molecule has 2 aromatic carbocycles. The molecule has 3 heteroatoms. The average molecular weight is 397 g/mol. The number of anilines is 1. The second kappa shape index (κ2) is 12.1. The Balaban J connectivity index is 0.000000390. The van der Waals surface area contributed by atoms with Crippen LogP contribution >= 0.6 is 0 Å². The molecule has 0 bridgehead atoms. The van der Waals surface area contributed by atoms with Crippen LogP contribution in [0, 0.1) is 18.2 Å². The normalized spacial score (nSPS) is 13.0. The van der Waals surface area contributed by atoms with Gasteiger partial charge >= 0.3 is 0 Å². The van der Waals surface area contributed by atoms with Gasteiger partial charge in [0.1, 0.15) is 5.82 Å². The summed E-state index contributed by atoms with van der Waals surface area (Å²) in [5.41, 5.74) is 10.7. The first-order valence-corrected chi connectivity index (χ1v) is 10.5. The van der Waals surface area contributed by atoms with E-state index in [0.717, 1.165) is 29.7 Å². The predicted octanol–water partition coefficient (Wildman–Crippen LogP) is 7.89. The maximum atomic E-state index is 13.9. The monoisotopic (exact) mass is 396 g/mol. The molecule has 2 aromatic rings. The summed E-state index contributed by atoms with van der Waals surface area (Å²) < 4.78 is 13.9. The second-order valence-electron chi connectivity index (χ2n) is 7.76. The Hall–Kier alpha value is -2.55. The zero-order chi connectivity index (χ0) is 21.9. The largest absolute Gasteiger partial charge is 0.306 e. The highest BCUT2D eigenvalue weighted by atomic mass is 19.1. The lowest BCUT2D eigenvalue weighted by Gasteiger charge is -2.17. The lowest BCUT2D eigenvalue weighted by molar-refractivity contribution is 0.510. The smallest absolute Gasteiger partial charge is 0.148 e.